The first-order valence-electron chi connectivity index (χ1n) is 9.30. The maximum atomic E-state index is 13.0. The minimum Gasteiger partial charge on any atom is -0.268 e. The summed E-state index contributed by atoms with van der Waals surface area (Å²) in [5.41, 5.74) is 3.62. The number of rotatable bonds is 0. The summed E-state index contributed by atoms with van der Waals surface area (Å²) in [6, 6.07) is 18.0. The average molecular weight is 344 g/mol. The van der Waals surface area contributed by atoms with Crippen molar-refractivity contribution in [1.29, 1.82) is 0 Å². The number of hydrogen-bond donors (Lipinski definition) is 0. The summed E-state index contributed by atoms with van der Waals surface area (Å²) >= 11 is 0. The molecular weight excluding hydrogens is 320 g/mol. The molecule has 3 nitrogen and oxygen atoms in total. The van der Waals surface area contributed by atoms with Gasteiger partial charge in [0.05, 0.1) is 11.0 Å². The maximum absolute atomic E-state index is 13.0. The van der Waals surface area contributed by atoms with E-state index in [1.165, 1.54) is 0 Å². The first kappa shape index (κ1) is 17.9. The minimum atomic E-state index is 0.00685. The fraction of sp³-hybridized carbons (Fsp3) is 0.217. The van der Waals surface area contributed by atoms with E-state index < -0.39 is 0 Å². The minimum absolute atomic E-state index is 0.00685. The molecule has 0 aliphatic rings. The third kappa shape index (κ3) is 2.43. The third-order valence-corrected chi connectivity index (χ3v) is 4.47. The molecule has 0 unspecified atom stereocenters. The Morgan fingerprint density at radius 3 is 2.12 bits per heavy atom. The molecule has 2 heterocycles. The van der Waals surface area contributed by atoms with Gasteiger partial charge in [0.2, 0.25) is 0 Å². The number of aromatic nitrogens is 2. The van der Waals surface area contributed by atoms with Crippen molar-refractivity contribution in [2.24, 2.45) is 0 Å². The fourth-order valence-corrected chi connectivity index (χ4v) is 3.45. The molecule has 0 atom stereocenters. The number of benzene rings is 3. The van der Waals surface area contributed by atoms with Gasteiger partial charge < -0.3 is 0 Å². The van der Waals surface area contributed by atoms with Gasteiger partial charge in [-0.05, 0) is 30.0 Å². The number of hydrogen-bond acceptors (Lipinski definition) is 2. The molecule has 0 bridgehead atoms. The Bertz CT molecular complexity index is 1250. The van der Waals surface area contributed by atoms with Gasteiger partial charge in [0.1, 0.15) is 5.65 Å². The van der Waals surface area contributed by atoms with Crippen LogP contribution in [-0.4, -0.2) is 9.38 Å². The van der Waals surface area contributed by atoms with Gasteiger partial charge in [0, 0.05) is 16.2 Å². The summed E-state index contributed by atoms with van der Waals surface area (Å²) in [6.07, 6.45) is 0. The molecule has 0 N–H and O–H groups in total. The molecule has 5 rings (SSSR count). The second-order valence-corrected chi connectivity index (χ2v) is 5.73. The summed E-state index contributed by atoms with van der Waals surface area (Å²) in [4.78, 5) is 17.8. The predicted molar refractivity (Wildman–Crippen MR) is 113 cm³/mol. The third-order valence-electron chi connectivity index (χ3n) is 4.47. The van der Waals surface area contributed by atoms with Gasteiger partial charge >= 0.3 is 0 Å². The van der Waals surface area contributed by atoms with E-state index in [-0.39, 0.29) is 5.56 Å². The van der Waals surface area contributed by atoms with Crippen LogP contribution in [0.15, 0.2) is 59.4 Å². The van der Waals surface area contributed by atoms with Crippen molar-refractivity contribution in [3.63, 3.8) is 0 Å². The molecule has 2 aromatic heterocycles. The monoisotopic (exact) mass is 344 g/mol. The van der Waals surface area contributed by atoms with Crippen LogP contribution in [0.1, 0.15) is 33.3 Å². The molecule has 0 aliphatic carbocycles. The lowest BCUT2D eigenvalue weighted by molar-refractivity contribution is 1.19. The van der Waals surface area contributed by atoms with Crippen molar-refractivity contribution < 1.29 is 0 Å². The molecule has 26 heavy (non-hydrogen) atoms. The van der Waals surface area contributed by atoms with Crippen LogP contribution in [0.2, 0.25) is 0 Å². The molecule has 0 amide bonds. The molecule has 0 spiro atoms. The Morgan fingerprint density at radius 2 is 1.42 bits per heavy atom. The molecule has 0 radical (unpaired) electrons. The van der Waals surface area contributed by atoms with Crippen LogP contribution in [0.3, 0.4) is 0 Å². The largest absolute Gasteiger partial charge is 0.268 e. The van der Waals surface area contributed by atoms with E-state index in [1.54, 1.807) is 4.40 Å². The number of imidazole rings is 1. The van der Waals surface area contributed by atoms with Crippen molar-refractivity contribution in [3.8, 4) is 0 Å². The molecule has 0 saturated carbocycles. The molecule has 0 saturated heterocycles. The van der Waals surface area contributed by atoms with Crippen molar-refractivity contribution in [3.05, 3.63) is 70.5 Å². The highest BCUT2D eigenvalue weighted by Gasteiger charge is 2.15. The van der Waals surface area contributed by atoms with Crippen LogP contribution in [0.25, 0.3) is 38.2 Å². The van der Waals surface area contributed by atoms with Gasteiger partial charge in [0.25, 0.3) is 5.56 Å². The van der Waals surface area contributed by atoms with E-state index in [9.17, 15) is 4.79 Å². The van der Waals surface area contributed by atoms with Crippen molar-refractivity contribution in [2.45, 2.75) is 34.6 Å². The highest BCUT2D eigenvalue weighted by Crippen LogP contribution is 2.29. The summed E-state index contributed by atoms with van der Waals surface area (Å²) in [6.45, 7) is 10.0. The van der Waals surface area contributed by atoms with Crippen molar-refractivity contribution >= 4 is 38.2 Å². The maximum Gasteiger partial charge on any atom is 0.264 e. The highest BCUT2D eigenvalue weighted by atomic mass is 16.1. The van der Waals surface area contributed by atoms with Gasteiger partial charge in [-0.2, -0.15) is 0 Å². The Hall–Kier alpha value is -2.94. The van der Waals surface area contributed by atoms with Crippen LogP contribution in [0, 0.1) is 6.92 Å². The number of pyridine rings is 1. The van der Waals surface area contributed by atoms with Crippen molar-refractivity contribution in [2.75, 3.05) is 0 Å². The quantitative estimate of drug-likeness (QED) is 0.348. The van der Waals surface area contributed by atoms with Crippen LogP contribution in [0.5, 0.6) is 0 Å². The molecule has 0 aliphatic heterocycles. The first-order chi connectivity index (χ1) is 12.8. The SMILES string of the molecule is CC.CC.Cc1cccc2c1nc1c3cccc4cccc(c(=O)n21)c43. The molecule has 3 heteroatoms. The molecule has 132 valence electrons. The summed E-state index contributed by atoms with van der Waals surface area (Å²) in [5, 5.41) is 3.87. The Morgan fingerprint density at radius 1 is 0.808 bits per heavy atom. The Labute approximate surface area is 153 Å². The highest BCUT2D eigenvalue weighted by molar-refractivity contribution is 6.15. The summed E-state index contributed by atoms with van der Waals surface area (Å²) in [7, 11) is 0. The van der Waals surface area contributed by atoms with E-state index >= 15 is 0 Å². The van der Waals surface area contributed by atoms with Crippen LogP contribution < -0.4 is 5.56 Å². The van der Waals surface area contributed by atoms with Crippen LogP contribution >= 0.6 is 0 Å². The van der Waals surface area contributed by atoms with Gasteiger partial charge in [0.15, 0.2) is 0 Å². The van der Waals surface area contributed by atoms with Crippen LogP contribution in [-0.2, 0) is 0 Å². The van der Waals surface area contributed by atoms with E-state index in [0.29, 0.717) is 0 Å². The van der Waals surface area contributed by atoms with Gasteiger partial charge in [-0.1, -0.05) is 70.2 Å². The zero-order valence-corrected chi connectivity index (χ0v) is 16.0. The normalized spacial score (nSPS) is 10.7. The van der Waals surface area contributed by atoms with E-state index in [4.69, 9.17) is 4.98 Å². The van der Waals surface area contributed by atoms with E-state index in [0.717, 1.165) is 43.8 Å². The lowest BCUT2D eigenvalue weighted by Gasteiger charge is -2.06. The topological polar surface area (TPSA) is 34.4 Å². The molecular formula is C23H24N2O. The first-order valence-corrected chi connectivity index (χ1v) is 9.30. The van der Waals surface area contributed by atoms with Crippen molar-refractivity contribution in [1.82, 2.24) is 9.38 Å². The van der Waals surface area contributed by atoms with Gasteiger partial charge in [-0.3, -0.25) is 9.20 Å². The Kier molecular flexibility index (Phi) is 4.90. The lowest BCUT2D eigenvalue weighted by Crippen LogP contribution is -2.13. The van der Waals surface area contributed by atoms with Gasteiger partial charge in [-0.25, -0.2) is 4.98 Å². The second kappa shape index (κ2) is 7.12. The second-order valence-electron chi connectivity index (χ2n) is 5.73. The number of fused-ring (bicyclic) bond motifs is 4. The molecule has 5 aromatic rings. The number of aryl methyl sites for hydroxylation is 1. The fourth-order valence-electron chi connectivity index (χ4n) is 3.45. The zero-order valence-electron chi connectivity index (χ0n) is 16.0. The Balaban J connectivity index is 0.000000461. The van der Waals surface area contributed by atoms with Gasteiger partial charge in [-0.15, -0.1) is 0 Å². The standard InChI is InChI=1S/C19H12N2O.2C2H6/c1-11-5-2-10-15-17(11)20-18-13-8-3-6-12-7-4-9-14(16(12)13)19(22)21(15)18;2*1-2/h2-10H,1H3;2*1-2H3. The summed E-state index contributed by atoms with van der Waals surface area (Å²) < 4.78 is 1.75. The molecule has 0 fully saturated rings. The van der Waals surface area contributed by atoms with E-state index in [2.05, 4.69) is 0 Å². The number of nitrogens with zero attached hydrogens (tertiary/aromatic N) is 2. The summed E-state index contributed by atoms with van der Waals surface area (Å²) in [5.74, 6) is 0. The molecule has 3 aromatic carbocycles. The van der Waals surface area contributed by atoms with E-state index in [1.807, 2.05) is 89.2 Å². The predicted octanol–water partition coefficient (Wildman–Crippen LogP) is 5.95. The smallest absolute Gasteiger partial charge is 0.264 e. The number of para-hydroxylation sites is 1. The lowest BCUT2D eigenvalue weighted by atomic mass is 10.0. The average Bonchev–Trinajstić information content (AvgIpc) is 3.10. The zero-order chi connectivity index (χ0) is 18.8. The van der Waals surface area contributed by atoms with Crippen LogP contribution in [0.4, 0.5) is 0 Å².